The van der Waals surface area contributed by atoms with E-state index in [9.17, 15) is 5.11 Å². The number of hydrogen-bond donors (Lipinski definition) is 1. The van der Waals surface area contributed by atoms with E-state index in [1.54, 1.807) is 6.92 Å². The van der Waals surface area contributed by atoms with Crippen LogP contribution in [0.2, 0.25) is 0 Å². The summed E-state index contributed by atoms with van der Waals surface area (Å²) in [7, 11) is 0. The second-order valence-electron chi connectivity index (χ2n) is 7.40. The summed E-state index contributed by atoms with van der Waals surface area (Å²) >= 11 is 0. The lowest BCUT2D eigenvalue weighted by Gasteiger charge is -2.27. The van der Waals surface area contributed by atoms with Crippen LogP contribution in [0, 0.1) is 11.3 Å². The summed E-state index contributed by atoms with van der Waals surface area (Å²) in [6.07, 6.45) is 1.86. The largest absolute Gasteiger partial charge is 0.507 e. The van der Waals surface area contributed by atoms with Crippen LogP contribution in [0.1, 0.15) is 65.2 Å². The van der Waals surface area contributed by atoms with E-state index in [4.69, 9.17) is 5.26 Å². The van der Waals surface area contributed by atoms with Crippen LogP contribution in [0.15, 0.2) is 17.7 Å². The molecule has 0 heterocycles. The van der Waals surface area contributed by atoms with Crippen molar-refractivity contribution in [1.82, 2.24) is 0 Å². The number of phenolic OH excluding ortho intramolecular Hbond substituents is 1. The van der Waals surface area contributed by atoms with Gasteiger partial charge in [0.25, 0.3) is 0 Å². The van der Waals surface area contributed by atoms with E-state index in [0.717, 1.165) is 16.7 Å². The van der Waals surface area contributed by atoms with Gasteiger partial charge in [-0.1, -0.05) is 41.5 Å². The minimum Gasteiger partial charge on any atom is -0.507 e. The molecule has 0 bridgehead atoms. The molecule has 2 nitrogen and oxygen atoms in total. The third kappa shape index (κ3) is 3.63. The standard InChI is InChI=1S/C18H25NO/c1-12(11-19)8-13-9-14(17(2,3)4)16(20)15(10-13)18(5,6)7/h8-10,20H,1-7H3/b12-8+. The number of benzene rings is 1. The molecule has 0 aliphatic heterocycles. The minimum absolute atomic E-state index is 0.144. The summed E-state index contributed by atoms with van der Waals surface area (Å²) < 4.78 is 0. The molecule has 2 heteroatoms. The fourth-order valence-corrected chi connectivity index (χ4v) is 2.17. The van der Waals surface area contributed by atoms with E-state index in [2.05, 4.69) is 47.6 Å². The fraction of sp³-hybridized carbons (Fsp3) is 0.500. The van der Waals surface area contributed by atoms with Crippen molar-refractivity contribution in [3.8, 4) is 11.8 Å². The van der Waals surface area contributed by atoms with Gasteiger partial charge in [-0.3, -0.25) is 0 Å². The van der Waals surface area contributed by atoms with Gasteiger partial charge >= 0.3 is 0 Å². The smallest absolute Gasteiger partial charge is 0.123 e. The molecular formula is C18H25NO. The van der Waals surface area contributed by atoms with Crippen LogP contribution in [-0.4, -0.2) is 5.11 Å². The molecule has 0 fully saturated rings. The Balaban J connectivity index is 3.64. The number of phenols is 1. The molecule has 0 amide bonds. The number of allylic oxidation sites excluding steroid dienone is 1. The number of rotatable bonds is 1. The van der Waals surface area contributed by atoms with Gasteiger partial charge in [-0.05, 0) is 41.5 Å². The molecule has 0 saturated heterocycles. The maximum Gasteiger partial charge on any atom is 0.123 e. The Bertz CT molecular complexity index is 540. The second-order valence-corrected chi connectivity index (χ2v) is 7.40. The van der Waals surface area contributed by atoms with Gasteiger partial charge in [-0.2, -0.15) is 5.26 Å². The molecule has 1 aromatic rings. The molecule has 0 unspecified atom stereocenters. The van der Waals surface area contributed by atoms with Gasteiger partial charge in [0, 0.05) is 16.7 Å². The Labute approximate surface area is 122 Å². The third-order valence-electron chi connectivity index (χ3n) is 3.31. The number of nitrogens with zero attached hydrogens (tertiary/aromatic N) is 1. The Morgan fingerprint density at radius 1 is 1.05 bits per heavy atom. The van der Waals surface area contributed by atoms with Crippen molar-refractivity contribution >= 4 is 6.08 Å². The lowest BCUT2D eigenvalue weighted by atomic mass is 9.78. The summed E-state index contributed by atoms with van der Waals surface area (Å²) in [5.74, 6) is 0.372. The van der Waals surface area contributed by atoms with E-state index < -0.39 is 0 Å². The Morgan fingerprint density at radius 2 is 1.45 bits per heavy atom. The maximum absolute atomic E-state index is 10.6. The van der Waals surface area contributed by atoms with E-state index in [1.165, 1.54) is 0 Å². The van der Waals surface area contributed by atoms with E-state index in [0.29, 0.717) is 11.3 Å². The van der Waals surface area contributed by atoms with Gasteiger partial charge < -0.3 is 5.11 Å². The SMILES string of the molecule is C/C(C#N)=C\c1cc(C(C)(C)C)c(O)c(C(C)(C)C)c1. The summed E-state index contributed by atoms with van der Waals surface area (Å²) in [4.78, 5) is 0. The van der Waals surface area contributed by atoms with Gasteiger partial charge in [0.2, 0.25) is 0 Å². The molecule has 0 spiro atoms. The van der Waals surface area contributed by atoms with Crippen molar-refractivity contribution in [3.05, 3.63) is 34.4 Å². The molecule has 0 saturated carbocycles. The Hall–Kier alpha value is -1.75. The van der Waals surface area contributed by atoms with Crippen LogP contribution < -0.4 is 0 Å². The number of nitriles is 1. The molecule has 108 valence electrons. The van der Waals surface area contributed by atoms with Crippen LogP contribution in [0.4, 0.5) is 0 Å². The van der Waals surface area contributed by atoms with Gasteiger partial charge in [0.05, 0.1) is 6.07 Å². The molecule has 0 atom stereocenters. The first-order chi connectivity index (χ1) is 8.96. The highest BCUT2D eigenvalue weighted by atomic mass is 16.3. The average Bonchev–Trinajstić information content (AvgIpc) is 2.28. The highest BCUT2D eigenvalue weighted by Gasteiger charge is 2.26. The summed E-state index contributed by atoms with van der Waals surface area (Å²) in [5.41, 5.74) is 3.18. The highest BCUT2D eigenvalue weighted by molar-refractivity contribution is 5.62. The summed E-state index contributed by atoms with van der Waals surface area (Å²) in [6.45, 7) is 14.3. The molecule has 1 rings (SSSR count). The van der Waals surface area contributed by atoms with E-state index in [-0.39, 0.29) is 10.8 Å². The number of hydrogen-bond acceptors (Lipinski definition) is 2. The second kappa shape index (κ2) is 5.32. The quantitative estimate of drug-likeness (QED) is 0.737. The van der Waals surface area contributed by atoms with Crippen LogP contribution in [0.5, 0.6) is 5.75 Å². The van der Waals surface area contributed by atoms with Crippen molar-refractivity contribution in [2.75, 3.05) is 0 Å². The van der Waals surface area contributed by atoms with E-state index in [1.807, 2.05) is 18.2 Å². The Morgan fingerprint density at radius 3 is 1.75 bits per heavy atom. The Kier molecular flexibility index (Phi) is 4.34. The van der Waals surface area contributed by atoms with Crippen molar-refractivity contribution in [2.45, 2.75) is 59.3 Å². The van der Waals surface area contributed by atoms with Crippen molar-refractivity contribution in [1.29, 1.82) is 5.26 Å². The normalized spacial score (nSPS) is 13.2. The molecule has 1 aromatic carbocycles. The first kappa shape index (κ1) is 16.3. The molecule has 0 radical (unpaired) electrons. The van der Waals surface area contributed by atoms with Crippen LogP contribution in [0.3, 0.4) is 0 Å². The van der Waals surface area contributed by atoms with Crippen LogP contribution in [0.25, 0.3) is 6.08 Å². The van der Waals surface area contributed by atoms with Gasteiger partial charge in [-0.15, -0.1) is 0 Å². The predicted octanol–water partition coefficient (Wildman–Crippen LogP) is 4.91. The monoisotopic (exact) mass is 271 g/mol. The highest BCUT2D eigenvalue weighted by Crippen LogP contribution is 2.40. The molecule has 20 heavy (non-hydrogen) atoms. The van der Waals surface area contributed by atoms with Crippen molar-refractivity contribution in [3.63, 3.8) is 0 Å². The first-order valence-electron chi connectivity index (χ1n) is 6.93. The predicted molar refractivity (Wildman–Crippen MR) is 84.8 cm³/mol. The molecular weight excluding hydrogens is 246 g/mol. The van der Waals surface area contributed by atoms with Gasteiger partial charge in [0.15, 0.2) is 0 Å². The van der Waals surface area contributed by atoms with Crippen LogP contribution in [-0.2, 0) is 10.8 Å². The van der Waals surface area contributed by atoms with Crippen molar-refractivity contribution < 1.29 is 5.11 Å². The first-order valence-corrected chi connectivity index (χ1v) is 6.93. The molecule has 0 aromatic heterocycles. The summed E-state index contributed by atoms with van der Waals surface area (Å²) in [5, 5.41) is 19.5. The van der Waals surface area contributed by atoms with Gasteiger partial charge in [-0.25, -0.2) is 0 Å². The minimum atomic E-state index is -0.144. The van der Waals surface area contributed by atoms with Gasteiger partial charge in [0.1, 0.15) is 5.75 Å². The zero-order valence-electron chi connectivity index (χ0n) is 13.6. The average molecular weight is 271 g/mol. The zero-order chi connectivity index (χ0) is 15.7. The third-order valence-corrected chi connectivity index (χ3v) is 3.31. The zero-order valence-corrected chi connectivity index (χ0v) is 13.6. The van der Waals surface area contributed by atoms with Crippen molar-refractivity contribution in [2.24, 2.45) is 0 Å². The lowest BCUT2D eigenvalue weighted by molar-refractivity contribution is 0.423. The van der Waals surface area contributed by atoms with Crippen LogP contribution >= 0.6 is 0 Å². The topological polar surface area (TPSA) is 44.0 Å². The molecule has 0 aliphatic carbocycles. The summed E-state index contributed by atoms with van der Waals surface area (Å²) in [6, 6.07) is 6.10. The fourth-order valence-electron chi connectivity index (χ4n) is 2.17. The molecule has 0 aliphatic rings. The molecule has 1 N–H and O–H groups in total. The maximum atomic E-state index is 10.6. The number of aromatic hydroxyl groups is 1. The van der Waals surface area contributed by atoms with E-state index >= 15 is 0 Å². The lowest BCUT2D eigenvalue weighted by Crippen LogP contribution is -2.17.